The molecule has 7 heteroatoms. The lowest BCUT2D eigenvalue weighted by atomic mass is 10.1. The topological polar surface area (TPSA) is 106 Å². The van der Waals surface area contributed by atoms with E-state index in [9.17, 15) is 14.4 Å². The molecule has 0 saturated carbocycles. The monoisotopic (exact) mass is 390 g/mol. The number of Topliss-reactive ketones (excluding diaryl/α,β-unsaturated/α-hetero) is 1. The number of nitrogens with one attached hydrogen (secondary N) is 2. The second-order valence-corrected chi connectivity index (χ2v) is 7.06. The van der Waals surface area contributed by atoms with E-state index in [4.69, 9.17) is 14.9 Å². The molecule has 0 aliphatic carbocycles. The summed E-state index contributed by atoms with van der Waals surface area (Å²) in [5, 5.41) is 9.65. The molecule has 0 heterocycles. The van der Waals surface area contributed by atoms with Crippen LogP contribution in [0.3, 0.4) is 0 Å². The van der Waals surface area contributed by atoms with Gasteiger partial charge in [-0.1, -0.05) is 30.3 Å². The highest BCUT2D eigenvalue weighted by Gasteiger charge is 2.28. The quantitative estimate of drug-likeness (QED) is 0.421. The molecule has 1 aromatic carbocycles. The van der Waals surface area contributed by atoms with Crippen LogP contribution in [0.2, 0.25) is 0 Å². The summed E-state index contributed by atoms with van der Waals surface area (Å²) in [4.78, 5) is 36.6. The summed E-state index contributed by atoms with van der Waals surface area (Å²) in [6.07, 6.45) is -0.225. The van der Waals surface area contributed by atoms with Crippen LogP contribution in [0.4, 0.5) is 0 Å². The van der Waals surface area contributed by atoms with E-state index in [1.54, 1.807) is 13.8 Å². The van der Waals surface area contributed by atoms with Crippen LogP contribution >= 0.6 is 0 Å². The van der Waals surface area contributed by atoms with Crippen molar-refractivity contribution < 1.29 is 23.9 Å². The molecule has 1 aromatic rings. The first-order valence-corrected chi connectivity index (χ1v) is 9.46. The average Bonchev–Trinajstić information content (AvgIpc) is 2.63. The molecule has 2 N–H and O–H groups in total. The van der Waals surface area contributed by atoms with Gasteiger partial charge in [-0.2, -0.15) is 0 Å². The van der Waals surface area contributed by atoms with Crippen molar-refractivity contribution in [1.29, 1.82) is 5.41 Å². The van der Waals surface area contributed by atoms with Crippen molar-refractivity contribution in [2.45, 2.75) is 71.3 Å². The molecule has 0 aliphatic rings. The number of hydrogen-bond donors (Lipinski definition) is 2. The molecule has 0 unspecified atom stereocenters. The number of esters is 1. The summed E-state index contributed by atoms with van der Waals surface area (Å²) in [5.74, 6) is -1.47. The van der Waals surface area contributed by atoms with Crippen LogP contribution in [-0.4, -0.2) is 48.2 Å². The van der Waals surface area contributed by atoms with Gasteiger partial charge in [0.05, 0.1) is 18.4 Å². The maximum Gasteiger partial charge on any atom is 0.328 e. The van der Waals surface area contributed by atoms with Gasteiger partial charge < -0.3 is 20.2 Å². The standard InChI is InChI=1S/C21H30N2O5/c1-14(2)27-19(12-16-8-6-5-7-9-16)20(25)23-18(11-10-17(24)13-22)21(26)28-15(3)4/h5-9,13-15,18-19,22H,10-12H2,1-4H3,(H,23,25)/t18-,19-/m0/s1. The van der Waals surface area contributed by atoms with Crippen LogP contribution in [0.5, 0.6) is 0 Å². The van der Waals surface area contributed by atoms with Crippen LogP contribution in [0, 0.1) is 5.41 Å². The Morgan fingerprint density at radius 1 is 1.07 bits per heavy atom. The van der Waals surface area contributed by atoms with Crippen molar-refractivity contribution in [2.75, 3.05) is 0 Å². The molecule has 7 nitrogen and oxygen atoms in total. The van der Waals surface area contributed by atoms with E-state index >= 15 is 0 Å². The van der Waals surface area contributed by atoms with Crippen molar-refractivity contribution in [3.8, 4) is 0 Å². The van der Waals surface area contributed by atoms with E-state index in [2.05, 4.69) is 5.32 Å². The van der Waals surface area contributed by atoms with Crippen molar-refractivity contribution >= 4 is 23.9 Å². The zero-order valence-corrected chi connectivity index (χ0v) is 16.9. The molecular weight excluding hydrogens is 360 g/mol. The molecule has 0 aliphatic heterocycles. The second-order valence-electron chi connectivity index (χ2n) is 7.06. The molecule has 0 bridgehead atoms. The normalized spacial score (nSPS) is 13.1. The van der Waals surface area contributed by atoms with E-state index in [1.807, 2.05) is 44.2 Å². The molecular formula is C21H30N2O5. The maximum atomic E-state index is 12.8. The van der Waals surface area contributed by atoms with Gasteiger partial charge >= 0.3 is 5.97 Å². The fourth-order valence-corrected chi connectivity index (χ4v) is 2.55. The number of amides is 1. The molecule has 0 spiro atoms. The van der Waals surface area contributed by atoms with Crippen LogP contribution in [0.25, 0.3) is 0 Å². The first-order chi connectivity index (χ1) is 13.2. The summed E-state index contributed by atoms with van der Waals surface area (Å²) < 4.78 is 11.0. The van der Waals surface area contributed by atoms with Gasteiger partial charge in [-0.25, -0.2) is 4.79 Å². The minimum atomic E-state index is -0.979. The van der Waals surface area contributed by atoms with Gasteiger partial charge in [0, 0.05) is 12.8 Å². The van der Waals surface area contributed by atoms with Gasteiger partial charge in [0.2, 0.25) is 5.91 Å². The highest BCUT2D eigenvalue weighted by molar-refractivity contribution is 6.26. The van der Waals surface area contributed by atoms with E-state index in [0.717, 1.165) is 5.56 Å². The van der Waals surface area contributed by atoms with Crippen LogP contribution < -0.4 is 5.32 Å². The Morgan fingerprint density at radius 2 is 1.71 bits per heavy atom. The fraction of sp³-hybridized carbons (Fsp3) is 0.524. The fourth-order valence-electron chi connectivity index (χ4n) is 2.55. The average molecular weight is 390 g/mol. The molecule has 154 valence electrons. The first kappa shape index (κ1) is 23.5. The molecule has 0 fully saturated rings. The summed E-state index contributed by atoms with van der Waals surface area (Å²) >= 11 is 0. The van der Waals surface area contributed by atoms with Crippen molar-refractivity contribution in [1.82, 2.24) is 5.32 Å². The van der Waals surface area contributed by atoms with E-state index < -0.39 is 29.8 Å². The third-order valence-corrected chi connectivity index (χ3v) is 3.79. The second kappa shape index (κ2) is 12.0. The Hall–Kier alpha value is -2.54. The van der Waals surface area contributed by atoms with Gasteiger partial charge in [0.25, 0.3) is 0 Å². The first-order valence-electron chi connectivity index (χ1n) is 9.46. The largest absolute Gasteiger partial charge is 0.461 e. The number of hydrogen-bond acceptors (Lipinski definition) is 6. The minimum Gasteiger partial charge on any atom is -0.461 e. The number of benzene rings is 1. The van der Waals surface area contributed by atoms with Crippen molar-refractivity contribution in [3.05, 3.63) is 35.9 Å². The Labute approximate surface area is 166 Å². The zero-order chi connectivity index (χ0) is 21.1. The van der Waals surface area contributed by atoms with Gasteiger partial charge in [-0.3, -0.25) is 9.59 Å². The SMILES string of the molecule is CC(C)OC(=O)[C@H](CCC(=O)C=N)NC(=O)[C@H](Cc1ccccc1)OC(C)C. The molecule has 1 rings (SSSR count). The third kappa shape index (κ3) is 8.90. The summed E-state index contributed by atoms with van der Waals surface area (Å²) in [6.45, 7) is 7.08. The summed E-state index contributed by atoms with van der Waals surface area (Å²) in [6, 6.07) is 8.47. The lowest BCUT2D eigenvalue weighted by Crippen LogP contribution is -2.48. The number of carbonyl (C=O) groups is 3. The highest BCUT2D eigenvalue weighted by atomic mass is 16.5. The number of ether oxygens (including phenoxy) is 2. The smallest absolute Gasteiger partial charge is 0.328 e. The summed E-state index contributed by atoms with van der Waals surface area (Å²) in [7, 11) is 0. The lowest BCUT2D eigenvalue weighted by Gasteiger charge is -2.24. The molecule has 28 heavy (non-hydrogen) atoms. The van der Waals surface area contributed by atoms with Crippen LogP contribution in [0.15, 0.2) is 30.3 Å². The minimum absolute atomic E-state index is 0.0317. The van der Waals surface area contributed by atoms with Gasteiger partial charge in [-0.15, -0.1) is 0 Å². The van der Waals surface area contributed by atoms with E-state index in [-0.39, 0.29) is 25.0 Å². The molecule has 0 radical (unpaired) electrons. The van der Waals surface area contributed by atoms with Gasteiger partial charge in [0.15, 0.2) is 5.78 Å². The zero-order valence-electron chi connectivity index (χ0n) is 16.9. The maximum absolute atomic E-state index is 12.8. The third-order valence-electron chi connectivity index (χ3n) is 3.79. The molecule has 2 atom stereocenters. The number of ketones is 1. The molecule has 0 saturated heterocycles. The Morgan fingerprint density at radius 3 is 2.25 bits per heavy atom. The Kier molecular flexibility index (Phi) is 10.1. The molecule has 0 aromatic heterocycles. The summed E-state index contributed by atoms with van der Waals surface area (Å²) in [5.41, 5.74) is 0.934. The van der Waals surface area contributed by atoms with Crippen molar-refractivity contribution in [2.24, 2.45) is 0 Å². The predicted octanol–water partition coefficient (Wildman–Crippen LogP) is 2.46. The van der Waals surface area contributed by atoms with Gasteiger partial charge in [0.1, 0.15) is 12.1 Å². The van der Waals surface area contributed by atoms with E-state index in [0.29, 0.717) is 12.6 Å². The Balaban J connectivity index is 2.89. The number of carbonyl (C=O) groups excluding carboxylic acids is 3. The van der Waals surface area contributed by atoms with Crippen LogP contribution in [0.1, 0.15) is 46.1 Å². The molecule has 1 amide bonds. The number of rotatable bonds is 12. The predicted molar refractivity (Wildman–Crippen MR) is 106 cm³/mol. The van der Waals surface area contributed by atoms with Gasteiger partial charge in [-0.05, 0) is 39.7 Å². The van der Waals surface area contributed by atoms with Crippen molar-refractivity contribution in [3.63, 3.8) is 0 Å². The van der Waals surface area contributed by atoms with Crippen LogP contribution in [-0.2, 0) is 30.3 Å². The highest BCUT2D eigenvalue weighted by Crippen LogP contribution is 2.11. The lowest BCUT2D eigenvalue weighted by molar-refractivity contribution is -0.153. The van der Waals surface area contributed by atoms with E-state index in [1.165, 1.54) is 0 Å². The Bertz CT molecular complexity index is 658.